The number of benzene rings is 10. The van der Waals surface area contributed by atoms with Crippen LogP contribution in [0.3, 0.4) is 0 Å². The predicted molar refractivity (Wildman–Crippen MR) is 565 cm³/mol. The molecule has 0 fully saturated rings. The molecule has 0 spiro atoms. The summed E-state index contributed by atoms with van der Waals surface area (Å²) in [5.41, 5.74) is 36.1. The van der Waals surface area contributed by atoms with Crippen molar-refractivity contribution >= 4 is 97.2 Å². The minimum atomic E-state index is 0. The average Bonchev–Trinajstić information content (AvgIpc) is 0.756. The molecule has 0 amide bonds. The summed E-state index contributed by atoms with van der Waals surface area (Å²) >= 11 is 0. The number of pyridine rings is 8. The first-order valence-corrected chi connectivity index (χ1v) is 45.4. The molecular weight excluding hydrogens is 2390 g/mol. The minimum absolute atomic E-state index is 0. The van der Waals surface area contributed by atoms with E-state index >= 15 is 0 Å². The summed E-state index contributed by atoms with van der Waals surface area (Å²) in [7, 11) is 0. The Kier molecular flexibility index (Phi) is 42.4. The normalized spacial score (nSPS) is 10.9. The van der Waals surface area contributed by atoms with Gasteiger partial charge in [-0.05, 0) is 189 Å². The predicted octanol–water partition coefficient (Wildman–Crippen LogP) is 31.9. The van der Waals surface area contributed by atoms with E-state index in [2.05, 4.69) is 310 Å². The van der Waals surface area contributed by atoms with Crippen LogP contribution in [0.15, 0.2) is 341 Å². The van der Waals surface area contributed by atoms with Gasteiger partial charge in [-0.3, -0.25) is 4.98 Å². The van der Waals surface area contributed by atoms with Crippen LogP contribution in [0.1, 0.15) is 153 Å². The molecular formula is C126H102Ir4N8-2. The van der Waals surface area contributed by atoms with Crippen LogP contribution in [0, 0.1) is 76.2 Å². The Morgan fingerprint density at radius 1 is 0.174 bits per heavy atom. The van der Waals surface area contributed by atoms with Gasteiger partial charge in [-0.1, -0.05) is 229 Å². The van der Waals surface area contributed by atoms with Crippen molar-refractivity contribution in [3.63, 3.8) is 0 Å². The number of hydrogen-bond acceptors (Lipinski definition) is 8. The molecule has 0 saturated heterocycles. The van der Waals surface area contributed by atoms with E-state index in [-0.39, 0.29) is 80.4 Å². The van der Waals surface area contributed by atoms with Gasteiger partial charge in [-0.25, -0.2) is 0 Å². The molecule has 8 nitrogen and oxygen atoms in total. The molecule has 0 aliphatic rings. The smallest absolute Gasteiger partial charge is 0.305 e. The van der Waals surface area contributed by atoms with Crippen LogP contribution in [0.4, 0.5) is 0 Å². The second-order valence-electron chi connectivity index (χ2n) is 30.5. The summed E-state index contributed by atoms with van der Waals surface area (Å²) in [6.45, 7) is 20.9. The summed E-state index contributed by atoms with van der Waals surface area (Å²) in [5, 5.41) is 0. The monoisotopic (exact) mass is 2500 g/mol. The molecule has 684 valence electrons. The maximum atomic E-state index is 4.62. The molecule has 0 atom stereocenters. The first-order chi connectivity index (χ1) is 66.1. The van der Waals surface area contributed by atoms with Crippen molar-refractivity contribution in [1.29, 1.82) is 0 Å². The molecule has 0 unspecified atom stereocenters. The molecule has 8 aromatic heterocycles. The third-order valence-corrected chi connectivity index (χ3v) is 22.2. The zero-order chi connectivity index (χ0) is 93.0. The van der Waals surface area contributed by atoms with E-state index in [1.54, 1.807) is 31.0 Å². The van der Waals surface area contributed by atoms with Crippen LogP contribution in [-0.4, -0.2) is 39.9 Å². The molecule has 18 rings (SSSR count). The molecule has 0 bridgehead atoms. The molecule has 10 aromatic carbocycles. The topological polar surface area (TPSA) is 103 Å². The van der Waals surface area contributed by atoms with Crippen LogP contribution in [0.25, 0.3) is 187 Å². The van der Waals surface area contributed by atoms with Crippen molar-refractivity contribution in [2.45, 2.75) is 69.2 Å². The summed E-state index contributed by atoms with van der Waals surface area (Å²) in [5.74, 6) is 0. The van der Waals surface area contributed by atoms with Gasteiger partial charge in [0.2, 0.25) is 0 Å². The molecule has 8 heterocycles. The van der Waals surface area contributed by atoms with E-state index in [4.69, 9.17) is 0 Å². The maximum Gasteiger partial charge on any atom is 3.00 e. The van der Waals surface area contributed by atoms with Crippen LogP contribution >= 0.6 is 0 Å². The number of nitrogens with zero attached hydrogens (tertiary/aromatic N) is 8. The molecule has 18 aromatic rings. The van der Waals surface area contributed by atoms with Crippen molar-refractivity contribution < 1.29 is 80.4 Å². The van der Waals surface area contributed by atoms with Crippen molar-refractivity contribution in [1.82, 2.24) is 39.9 Å². The number of rotatable bonds is 24. The van der Waals surface area contributed by atoms with Gasteiger partial charge in [-0.15, -0.1) is 278 Å². The van der Waals surface area contributed by atoms with Gasteiger partial charge in [0.05, 0.1) is 0 Å². The third-order valence-electron chi connectivity index (χ3n) is 22.2. The summed E-state index contributed by atoms with van der Waals surface area (Å²) in [6, 6.07) is 125. The molecule has 138 heavy (non-hydrogen) atoms. The third kappa shape index (κ3) is 28.5. The second-order valence-corrected chi connectivity index (χ2v) is 30.5. The minimum Gasteiger partial charge on any atom is -0.305 e. The van der Waals surface area contributed by atoms with E-state index in [0.29, 0.717) is 0 Å². The van der Waals surface area contributed by atoms with Crippen LogP contribution in [0.5, 0.6) is 0 Å². The molecule has 0 aliphatic heterocycles. The fourth-order valence-corrected chi connectivity index (χ4v) is 15.0. The van der Waals surface area contributed by atoms with E-state index in [9.17, 15) is 0 Å². The zero-order valence-corrected chi connectivity index (χ0v) is 88.1. The van der Waals surface area contributed by atoms with E-state index in [0.717, 1.165) is 168 Å². The first kappa shape index (κ1) is 106. The van der Waals surface area contributed by atoms with E-state index in [1.807, 2.05) is 254 Å². The van der Waals surface area contributed by atoms with Gasteiger partial charge in [-0.2, -0.15) is 5.56 Å². The summed E-state index contributed by atoms with van der Waals surface area (Å²) in [6.07, 6.45) is 49.6. The van der Waals surface area contributed by atoms with Crippen molar-refractivity contribution in [3.8, 4) is 90.1 Å². The van der Waals surface area contributed by atoms with Gasteiger partial charge < -0.3 is 34.9 Å². The van der Waals surface area contributed by atoms with E-state index in [1.165, 1.54) is 33.4 Å². The van der Waals surface area contributed by atoms with Crippen molar-refractivity contribution in [2.24, 2.45) is 0 Å². The second kappa shape index (κ2) is 55.2. The molecule has 0 aliphatic carbocycles. The average molecular weight is 2500 g/mol. The summed E-state index contributed by atoms with van der Waals surface area (Å²) < 4.78 is 0. The van der Waals surface area contributed by atoms with Crippen LogP contribution in [-0.2, 0) is 80.4 Å². The Morgan fingerprint density at radius 3 is 0.514 bits per heavy atom. The maximum absolute atomic E-state index is 4.62. The van der Waals surface area contributed by atoms with Crippen LogP contribution in [0.2, 0.25) is 0 Å². The van der Waals surface area contributed by atoms with Gasteiger partial charge in [0.25, 0.3) is 0 Å². The Bertz CT molecular complexity index is 6090. The van der Waals surface area contributed by atoms with Crippen molar-refractivity contribution in [2.75, 3.05) is 0 Å². The van der Waals surface area contributed by atoms with Gasteiger partial charge >= 0.3 is 40.2 Å². The van der Waals surface area contributed by atoms with Gasteiger partial charge in [0, 0.05) is 95.5 Å². The Morgan fingerprint density at radius 2 is 0.355 bits per heavy atom. The van der Waals surface area contributed by atoms with Gasteiger partial charge in [0.15, 0.2) is 0 Å². The van der Waals surface area contributed by atoms with Crippen molar-refractivity contribution in [3.05, 3.63) is 501 Å². The largest absolute Gasteiger partial charge is 3.00 e. The first-order valence-electron chi connectivity index (χ1n) is 45.4. The molecule has 12 heteroatoms. The Labute approximate surface area is 869 Å². The number of aromatic nitrogens is 8. The summed E-state index contributed by atoms with van der Waals surface area (Å²) in [4.78, 5) is 36.5. The zero-order valence-electron chi connectivity index (χ0n) is 78.5. The molecule has 0 N–H and O–H groups in total. The quantitative estimate of drug-likeness (QED) is 0.0435. The fraction of sp³-hybridized carbons (Fsp3) is 0.0794. The van der Waals surface area contributed by atoms with Gasteiger partial charge in [0.1, 0.15) is 0 Å². The van der Waals surface area contributed by atoms with Crippen LogP contribution < -0.4 is 0 Å². The van der Waals surface area contributed by atoms with E-state index < -0.39 is 0 Å². The standard InChI is InChI=1S/C84H54N6.C36H30N2.3C2H6.4Ir/c1-7-55-85-79(13-1)67-37-19-61(20-38-67)31-49-73-74(50-32-62-21-39-68(40-22-62)80-14-2-8-56-86-80)76(52-34-64-25-43-70(44-26-64)82-16-4-10-58-88-82)78(54-36-66-29-47-72(48-30-66)84-18-6-12-60-90-84)77(53-35-65-27-45-71(46-28-65)83-17-5-11-59-89-83)75(73)51-33-63-23-41-69(42-24-63)81-15-3-9-57-87-81;1-25-26(2)34(22-16-30-13-19-32(20-14-30)36-10-6-8-24-38-36)28(4)27(3)33(25)21-15-29-11-17-31(18-12-29)35-9-5-7-23-37-35;3*1-2;;;;/h1-29,31-37,39,41,43,45,47-60H;5-17,19,21-24H,1-4H3;3*1-2H3;;;;/q-6;-2;;;;;;2*+3/b49-31?,50-32-,51-33-,52-34-,53-35-,54-36-;21-15-,22-16-;;;;;;;. The molecule has 0 saturated carbocycles. The Balaban J connectivity index is 0.000000343. The fourth-order valence-electron chi connectivity index (χ4n) is 15.0. The molecule has 2 radical (unpaired) electrons. The number of hydrogen-bond donors (Lipinski definition) is 0. The SMILES string of the molecule is CC.CC.CC.Cc1c(C)c(/C=C\c2c[c-]c(-c3ccccn3)cc2)c(C)c(C)c1/C=C\c1c[c-]c(-c2ccccn2)cc1.[Ir+3].[Ir+3].[Ir].[Ir].[c-]1cc(-c2ccccn2)ccc1/C=C\c1c(/C=C\c2c[c-]c(-c3ccccn3)cc2)c(/C=C\c2c[c-]c(-c3ccccn3)cc2)c(C=Cc2c[c-]c(-c3ccccn3)cc2)c(/C=C\c2c[c-]c(-c3ccccn3)cc2)c1/C=C\c1c[c-]c(-c2ccccn2)cc1. The Hall–Kier alpha value is -14.1.